The number of ether oxygens (including phenoxy) is 1. The molecule has 6 heteroatoms. The predicted octanol–water partition coefficient (Wildman–Crippen LogP) is 3.71. The van der Waals surface area contributed by atoms with Crippen LogP contribution in [0.15, 0.2) is 22.1 Å². The van der Waals surface area contributed by atoms with E-state index in [1.165, 1.54) is 11.3 Å². The van der Waals surface area contributed by atoms with Gasteiger partial charge in [-0.25, -0.2) is 4.98 Å². The highest BCUT2D eigenvalue weighted by atomic mass is 79.9. The number of thiazole rings is 1. The maximum Gasteiger partial charge on any atom is 0.198 e. The number of aromatic nitrogens is 1. The van der Waals surface area contributed by atoms with Crippen molar-refractivity contribution in [1.82, 2.24) is 4.98 Å². The number of aliphatic hydroxyl groups excluding tert-OH is 1. The molecule has 1 aromatic heterocycles. The summed E-state index contributed by atoms with van der Waals surface area (Å²) in [7, 11) is 0. The Morgan fingerprint density at radius 3 is 3.06 bits per heavy atom. The van der Waals surface area contributed by atoms with E-state index in [0.717, 1.165) is 14.1 Å². The number of halogens is 1. The van der Waals surface area contributed by atoms with Crippen LogP contribution in [0, 0.1) is 0 Å². The number of fused-ring (bicyclic) bond motifs is 1. The molecule has 0 bridgehead atoms. The Kier molecular flexibility index (Phi) is 3.41. The second kappa shape index (κ2) is 4.65. The summed E-state index contributed by atoms with van der Waals surface area (Å²) in [6.07, 6.45) is -0.483. The Bertz CT molecular complexity index is 541. The van der Waals surface area contributed by atoms with E-state index in [4.69, 9.17) is 9.84 Å². The van der Waals surface area contributed by atoms with Gasteiger partial charge >= 0.3 is 0 Å². The summed E-state index contributed by atoms with van der Waals surface area (Å²) in [6.45, 7) is 1.70. The molecule has 0 saturated carbocycles. The van der Waals surface area contributed by atoms with Gasteiger partial charge in [0, 0.05) is 0 Å². The van der Waals surface area contributed by atoms with Crippen LogP contribution >= 0.6 is 39.5 Å². The molecule has 2 aromatic rings. The molecular weight excluding hydrogens is 310 g/mol. The molecule has 0 spiro atoms. The summed E-state index contributed by atoms with van der Waals surface area (Å²) in [5.74, 6) is 0.674. The number of aliphatic hydroxyl groups is 1. The van der Waals surface area contributed by atoms with Crippen LogP contribution in [-0.2, 0) is 0 Å². The lowest BCUT2D eigenvalue weighted by Gasteiger charge is -2.11. The van der Waals surface area contributed by atoms with E-state index < -0.39 is 6.10 Å². The highest BCUT2D eigenvalue weighted by molar-refractivity contribution is 9.11. The first-order valence-corrected chi connectivity index (χ1v) is 6.53. The average molecular weight is 318 g/mol. The number of thiocarbonyl (C=S) groups is 1. The molecule has 0 saturated heterocycles. The van der Waals surface area contributed by atoms with Crippen LogP contribution in [0.4, 0.5) is 0 Å². The van der Waals surface area contributed by atoms with Crippen molar-refractivity contribution >= 4 is 54.8 Å². The maximum absolute atomic E-state index is 9.09. The summed E-state index contributed by atoms with van der Waals surface area (Å²) in [5.41, 5.74) is 0.920. The van der Waals surface area contributed by atoms with E-state index in [2.05, 4.69) is 33.1 Å². The molecule has 0 aliphatic rings. The zero-order chi connectivity index (χ0) is 11.7. The third kappa shape index (κ3) is 2.50. The number of rotatable bonds is 3. The number of benzene rings is 1. The maximum atomic E-state index is 9.09. The standard InChI is InChI=1S/C10H8BrNO2S2/c1-5(9(13)15)14-6-2-3-7-8(4-6)16-10(11)12-7/h2-5H,1H3,(H,13,15). The van der Waals surface area contributed by atoms with Crippen molar-refractivity contribution in [2.75, 3.05) is 0 Å². The van der Waals surface area contributed by atoms with Crippen LogP contribution in [0.5, 0.6) is 5.75 Å². The van der Waals surface area contributed by atoms with Gasteiger partial charge < -0.3 is 9.84 Å². The highest BCUT2D eigenvalue weighted by Gasteiger charge is 2.09. The van der Waals surface area contributed by atoms with Crippen molar-refractivity contribution in [3.63, 3.8) is 0 Å². The van der Waals surface area contributed by atoms with Gasteiger partial charge in [-0.2, -0.15) is 0 Å². The normalized spacial score (nSPS) is 12.6. The lowest BCUT2D eigenvalue weighted by Crippen LogP contribution is -2.21. The molecule has 1 aromatic carbocycles. The first-order chi connectivity index (χ1) is 7.56. The summed E-state index contributed by atoms with van der Waals surface area (Å²) in [4.78, 5) is 4.27. The largest absolute Gasteiger partial charge is 0.499 e. The van der Waals surface area contributed by atoms with E-state index in [-0.39, 0.29) is 5.05 Å². The molecule has 16 heavy (non-hydrogen) atoms. The quantitative estimate of drug-likeness (QED) is 0.876. The summed E-state index contributed by atoms with van der Waals surface area (Å²) in [6, 6.07) is 5.56. The van der Waals surface area contributed by atoms with Gasteiger partial charge in [-0.15, -0.1) is 11.3 Å². The van der Waals surface area contributed by atoms with Gasteiger partial charge in [0.2, 0.25) is 0 Å². The summed E-state index contributed by atoms with van der Waals surface area (Å²) >= 11 is 9.49. The second-order valence-corrected chi connectivity index (χ2v) is 5.92. The zero-order valence-corrected chi connectivity index (χ0v) is 11.5. The van der Waals surface area contributed by atoms with Gasteiger partial charge in [-0.05, 0) is 53.3 Å². The first-order valence-electron chi connectivity index (χ1n) is 4.52. The van der Waals surface area contributed by atoms with E-state index in [9.17, 15) is 0 Å². The number of hydrogen-bond donors (Lipinski definition) is 1. The second-order valence-electron chi connectivity index (χ2n) is 3.19. The summed E-state index contributed by atoms with van der Waals surface area (Å²) < 4.78 is 7.33. The van der Waals surface area contributed by atoms with Crippen molar-refractivity contribution < 1.29 is 9.84 Å². The zero-order valence-electron chi connectivity index (χ0n) is 8.31. The molecule has 2 rings (SSSR count). The minimum Gasteiger partial charge on any atom is -0.499 e. The predicted molar refractivity (Wildman–Crippen MR) is 72.6 cm³/mol. The molecule has 1 unspecified atom stereocenters. The monoisotopic (exact) mass is 317 g/mol. The van der Waals surface area contributed by atoms with Crippen LogP contribution < -0.4 is 4.74 Å². The molecule has 1 N–H and O–H groups in total. The van der Waals surface area contributed by atoms with Crippen LogP contribution in [0.25, 0.3) is 10.2 Å². The minimum atomic E-state index is -0.483. The van der Waals surface area contributed by atoms with Crippen molar-refractivity contribution in [3.8, 4) is 5.75 Å². The van der Waals surface area contributed by atoms with Crippen LogP contribution in [0.3, 0.4) is 0 Å². The SMILES string of the molecule is CC(Oc1ccc2nc(Br)sc2c1)C(O)=S. The first kappa shape index (κ1) is 11.8. The Hall–Kier alpha value is -0.720. The van der Waals surface area contributed by atoms with E-state index in [1.54, 1.807) is 6.92 Å². The number of hydrogen-bond acceptors (Lipinski definition) is 4. The Balaban J connectivity index is 2.28. The Labute approximate surface area is 110 Å². The third-order valence-corrected chi connectivity index (χ3v) is 3.80. The van der Waals surface area contributed by atoms with Crippen molar-refractivity contribution in [3.05, 3.63) is 22.1 Å². The number of nitrogens with zero attached hydrogens (tertiary/aromatic N) is 1. The van der Waals surface area contributed by atoms with Gasteiger partial charge in [0.05, 0.1) is 10.2 Å². The smallest absolute Gasteiger partial charge is 0.198 e. The van der Waals surface area contributed by atoms with Crippen molar-refractivity contribution in [1.29, 1.82) is 0 Å². The van der Waals surface area contributed by atoms with E-state index >= 15 is 0 Å². The molecule has 1 atom stereocenters. The van der Waals surface area contributed by atoms with Crippen molar-refractivity contribution in [2.24, 2.45) is 0 Å². The fourth-order valence-electron chi connectivity index (χ4n) is 1.20. The highest BCUT2D eigenvalue weighted by Crippen LogP contribution is 2.29. The molecule has 0 aliphatic carbocycles. The van der Waals surface area contributed by atoms with Gasteiger partial charge in [-0.1, -0.05) is 0 Å². The van der Waals surface area contributed by atoms with Crippen LogP contribution in [-0.4, -0.2) is 21.2 Å². The van der Waals surface area contributed by atoms with Crippen LogP contribution in [0.2, 0.25) is 0 Å². The van der Waals surface area contributed by atoms with Gasteiger partial charge in [0.15, 0.2) is 15.1 Å². The molecule has 0 fully saturated rings. The molecule has 0 radical (unpaired) electrons. The Morgan fingerprint density at radius 1 is 1.62 bits per heavy atom. The molecule has 1 heterocycles. The molecule has 84 valence electrons. The Morgan fingerprint density at radius 2 is 2.38 bits per heavy atom. The lowest BCUT2D eigenvalue weighted by atomic mass is 10.3. The third-order valence-electron chi connectivity index (χ3n) is 1.99. The van der Waals surface area contributed by atoms with Gasteiger partial charge in [0.1, 0.15) is 5.75 Å². The van der Waals surface area contributed by atoms with Crippen molar-refractivity contribution in [2.45, 2.75) is 13.0 Å². The van der Waals surface area contributed by atoms with E-state index in [0.29, 0.717) is 5.75 Å². The van der Waals surface area contributed by atoms with Crippen LogP contribution in [0.1, 0.15) is 6.92 Å². The fourth-order valence-corrected chi connectivity index (χ4v) is 2.69. The topological polar surface area (TPSA) is 42.4 Å². The molecule has 0 amide bonds. The minimum absolute atomic E-state index is 0.148. The molecule has 0 aliphatic heterocycles. The van der Waals surface area contributed by atoms with Gasteiger partial charge in [0.25, 0.3) is 0 Å². The van der Waals surface area contributed by atoms with Gasteiger partial charge in [-0.3, -0.25) is 0 Å². The lowest BCUT2D eigenvalue weighted by molar-refractivity contribution is 0.265. The van der Waals surface area contributed by atoms with E-state index in [1.807, 2.05) is 18.2 Å². The fraction of sp³-hybridized carbons (Fsp3) is 0.200. The summed E-state index contributed by atoms with van der Waals surface area (Å²) in [5, 5.41) is 8.94. The molecular formula is C10H8BrNO2S2. The average Bonchev–Trinajstić information content (AvgIpc) is 2.57. The molecule has 3 nitrogen and oxygen atoms in total.